The van der Waals surface area contributed by atoms with E-state index >= 15 is 0 Å². The van der Waals surface area contributed by atoms with E-state index in [0.717, 1.165) is 209 Å². The molecule has 20 fully saturated rings. The van der Waals surface area contributed by atoms with Gasteiger partial charge in [-0.25, -0.2) is 0 Å². The summed E-state index contributed by atoms with van der Waals surface area (Å²) in [6.07, 6.45) is 51.5. The summed E-state index contributed by atoms with van der Waals surface area (Å²) in [5.74, 6) is 18.1. The van der Waals surface area contributed by atoms with E-state index < -0.39 is 0 Å². The molecule has 8 aliphatic heterocycles. The Kier molecular flexibility index (Phi) is 26.5. The molecule has 0 aromatic heterocycles. The first kappa shape index (κ1) is 96.6. The molecule has 6 N–H and O–H groups in total. The lowest BCUT2D eigenvalue weighted by atomic mass is 9.52. The van der Waals surface area contributed by atoms with Gasteiger partial charge in [-0.15, -0.1) is 0 Å². The smallest absolute Gasteiger partial charge is 0.302 e. The largest absolute Gasteiger partial charge is 0.463 e. The molecular weight excluding hydrogens is 1660 g/mol. The summed E-state index contributed by atoms with van der Waals surface area (Å²) in [5, 5.41) is 31.7. The topological polar surface area (TPSA) is 199 Å². The van der Waals surface area contributed by atoms with Crippen molar-refractivity contribution in [2.45, 2.75) is 478 Å². The number of esters is 2. The van der Waals surface area contributed by atoms with Gasteiger partial charge in [0, 0.05) is 74.7 Å². The average Bonchev–Trinajstić information content (AvgIpc) is 1.57. The van der Waals surface area contributed by atoms with Crippen LogP contribution < -0.4 is 26.6 Å². The van der Waals surface area contributed by atoms with Gasteiger partial charge in [0.2, 0.25) is 5.91 Å². The Morgan fingerprint density at radius 3 is 0.948 bits per heavy atom. The first-order chi connectivity index (χ1) is 63.9. The third-order valence-electron chi connectivity index (χ3n) is 47.5. The summed E-state index contributed by atoms with van der Waals surface area (Å²) >= 11 is 0. The summed E-state index contributed by atoms with van der Waals surface area (Å²) in [5.41, 5.74) is 17.0. The van der Waals surface area contributed by atoms with Crippen molar-refractivity contribution < 1.29 is 48.0 Å². The van der Waals surface area contributed by atoms with Crippen LogP contribution in [0.5, 0.6) is 0 Å². The lowest BCUT2D eigenvalue weighted by molar-refractivity contribution is -0.155. The number of fused-ring (bicyclic) bond motifs is 24. The molecule has 748 valence electrons. The van der Waals surface area contributed by atoms with Crippen LogP contribution >= 0.6 is 0 Å². The van der Waals surface area contributed by atoms with E-state index in [1.54, 1.807) is 43.1 Å². The molecule has 12 saturated carbocycles. The number of piperidine rings is 4. The van der Waals surface area contributed by atoms with Crippen LogP contribution in [0.2, 0.25) is 0 Å². The maximum Gasteiger partial charge on any atom is 0.302 e. The summed E-state index contributed by atoms with van der Waals surface area (Å²) in [7, 11) is 0. The quantitative estimate of drug-likeness (QED) is 0.0675. The fraction of sp³-hybridized carbons (Fsp3) is 0.898. The monoisotopic (exact) mass is 1850 g/mol. The molecular formula is C118H186N6O10. The molecule has 134 heavy (non-hydrogen) atoms. The maximum atomic E-state index is 11.7. The molecule has 0 aromatic carbocycles. The number of rotatable bonds is 3. The van der Waals surface area contributed by atoms with Gasteiger partial charge in [-0.1, -0.05) is 133 Å². The molecule has 16 aliphatic carbocycles. The first-order valence-electron chi connectivity index (χ1n) is 57.1. The van der Waals surface area contributed by atoms with Crippen LogP contribution in [-0.2, 0) is 42.8 Å². The predicted octanol–water partition coefficient (Wildman–Crippen LogP) is 23.6. The zero-order valence-electron chi connectivity index (χ0n) is 87.4. The number of hydrogen-bond donors (Lipinski definition) is 6. The molecule has 0 unspecified atom stereocenters. The van der Waals surface area contributed by atoms with Gasteiger partial charge in [0.25, 0.3) is 0 Å². The number of carbonyl (C=O) groups is 3. The second kappa shape index (κ2) is 36.7. The van der Waals surface area contributed by atoms with Crippen LogP contribution in [0.4, 0.5) is 0 Å². The molecule has 0 aromatic rings. The van der Waals surface area contributed by atoms with Crippen LogP contribution in [-0.4, -0.2) is 144 Å². The Bertz CT molecular complexity index is 4220. The Balaban J connectivity index is 0.000000107. The number of allylic oxidation sites excluding steroid dienone is 4. The fourth-order valence-electron chi connectivity index (χ4n) is 40.2. The van der Waals surface area contributed by atoms with E-state index in [-0.39, 0.29) is 52.5 Å². The van der Waals surface area contributed by atoms with Gasteiger partial charge in [0.15, 0.2) is 0 Å². The van der Waals surface area contributed by atoms with Gasteiger partial charge in [-0.05, 0) is 451 Å². The molecule has 0 radical (unpaired) electrons. The van der Waals surface area contributed by atoms with Crippen molar-refractivity contribution >= 4 is 23.6 Å². The number of carbonyl (C=O) groups excluding carboxylic acids is 3. The fourth-order valence-corrected chi connectivity index (χ4v) is 40.2. The highest BCUT2D eigenvalue weighted by Gasteiger charge is 2.67. The number of oxime groups is 1. The minimum atomic E-state index is -0.104. The van der Waals surface area contributed by atoms with Crippen molar-refractivity contribution in [1.29, 1.82) is 0 Å². The highest BCUT2D eigenvalue weighted by atomic mass is 16.6. The van der Waals surface area contributed by atoms with Crippen molar-refractivity contribution in [3.8, 4) is 0 Å². The molecule has 16 heteroatoms. The lowest BCUT2D eigenvalue weighted by Gasteiger charge is -2.54. The summed E-state index contributed by atoms with van der Waals surface area (Å²) in [6, 6.07) is 2.59. The van der Waals surface area contributed by atoms with Gasteiger partial charge in [0.1, 0.15) is 12.2 Å². The van der Waals surface area contributed by atoms with Crippen LogP contribution in [0.25, 0.3) is 0 Å². The van der Waals surface area contributed by atoms with E-state index in [2.05, 4.69) is 143 Å². The Morgan fingerprint density at radius 1 is 0.358 bits per heavy atom. The van der Waals surface area contributed by atoms with Gasteiger partial charge in [-0.2, -0.15) is 0 Å². The minimum Gasteiger partial charge on any atom is -0.463 e. The SMILES string of the molecule is CC(=O)N[C@H]1CC[C@@]2(C)[C@H](CC[C@H]3[C@@H]4CC[C@@]5(CC(C)=C4C[C@@H]32)O[C@@H]2C[C@H](C)CN[C@H]2[C@H]5C)C1.CC(=O)O[C@@H]1CC[C@@]2(C)[C@H](CC[C@H]3[C@@H]4CC[C@@]5(CC(C)=C4C[C@@H]32)O[C@@H]2C[C@H](C)CN[C@H]2[C@H]5C)C1.CC(=O)O[C@H]1CC[C@@]2(C)[C@H](CC[C@H]3[C@@H]4CC[C@@]5(CC(C)=C4C[C@@H]32)O[C@@H]2C[C@H](C)CN[C@H]2[C@H]5C)C1.CC1=C2C[C@H]3[C@@H](CC[C@@H]4C/C(=N/O)CC[C@@]43C)[C@@H]2CC[C@@]2(C1)O[C@@H]1C[C@H](C)CN[C@H]1[C@H]2C. The molecule has 16 nitrogen and oxygen atoms in total. The molecule has 24 rings (SSSR count). The van der Waals surface area contributed by atoms with E-state index in [0.29, 0.717) is 106 Å². The van der Waals surface area contributed by atoms with Gasteiger partial charge < -0.3 is 60.2 Å². The van der Waals surface area contributed by atoms with Gasteiger partial charge in [0.05, 0.1) is 52.5 Å². The zero-order valence-corrected chi connectivity index (χ0v) is 87.4. The predicted molar refractivity (Wildman–Crippen MR) is 533 cm³/mol. The van der Waals surface area contributed by atoms with E-state index in [1.165, 1.54) is 193 Å². The highest BCUT2D eigenvalue weighted by molar-refractivity contribution is 5.85. The van der Waals surface area contributed by atoms with Crippen molar-refractivity contribution in [3.05, 3.63) is 44.6 Å². The molecule has 8 heterocycles. The summed E-state index contributed by atoms with van der Waals surface area (Å²) in [4.78, 5) is 34.8. The Labute approximate surface area is 810 Å². The van der Waals surface area contributed by atoms with Crippen molar-refractivity contribution in [2.24, 2.45) is 169 Å². The third-order valence-corrected chi connectivity index (χ3v) is 47.5. The number of amides is 1. The summed E-state index contributed by atoms with van der Waals surface area (Å²) < 4.78 is 39.5. The molecule has 4 spiro atoms. The normalized spacial score (nSPS) is 52.9. The van der Waals surface area contributed by atoms with Crippen LogP contribution in [0.1, 0.15) is 388 Å². The van der Waals surface area contributed by atoms with Crippen molar-refractivity contribution in [3.63, 3.8) is 0 Å². The van der Waals surface area contributed by atoms with Gasteiger partial charge >= 0.3 is 11.9 Å². The Hall–Kier alpha value is -3.48. The standard InChI is InChI=1S/C30H48N2O2.2C30H47NO3.C28H44N2O2/c1-17-12-27-28(31-16-17)19(3)30(34-27)11-9-23-24-7-6-21-13-22(32-20(4)33)8-10-29(21,5)26(24)14-25(23)18(2)15-30;2*1-17-12-27-28(31-16-17)19(3)30(34-27)11-9-23-24-7-6-21-13-22(33-20(4)32)8-10-29(21,5)26(24)14-25(23)18(2)15-30;1-16-11-25-26(29-15-16)18(3)28(32-25)10-8-21-22-6-5-19-12-20(30-31)7-9-27(19,4)24(22)13-23(21)17(2)14-28/h17,19,21-24,26-28,31H,6-16H2,1-5H3,(H,32,33);2*17,19,21-24,26-28,31H,6-16H2,1-5H3;16,18-19,21-22,24-26,29,31H,5-15H2,1-4H3/b;;;30-20+/t17-,19+,21+,22-,23-,24-,26-,27+,28-,29-,30-;17-,19+,21+,22+,23-,24-,26-,27+,28-,29-,30-;17-,19+,21+,22-,23-,24-,26-,27+,28-,29-,30-;16-,18+,19+,21-,22-,24-,25+,26-,27-,28-/m0000/s1. The highest BCUT2D eigenvalue weighted by Crippen LogP contribution is 2.72. The third kappa shape index (κ3) is 16.6. The number of ether oxygens (including phenoxy) is 6. The van der Waals surface area contributed by atoms with E-state index in [1.807, 2.05) is 22.3 Å². The lowest BCUT2D eigenvalue weighted by Crippen LogP contribution is -2.50. The van der Waals surface area contributed by atoms with Crippen LogP contribution in [0.15, 0.2) is 49.7 Å². The summed E-state index contributed by atoms with van der Waals surface area (Å²) in [6.45, 7) is 49.0. The first-order valence-corrected chi connectivity index (χ1v) is 57.1. The Morgan fingerprint density at radius 2 is 0.649 bits per heavy atom. The van der Waals surface area contributed by atoms with Gasteiger partial charge in [-0.3, -0.25) is 14.4 Å². The number of hydrogen-bond acceptors (Lipinski definition) is 15. The van der Waals surface area contributed by atoms with Crippen molar-refractivity contribution in [1.82, 2.24) is 26.6 Å². The molecule has 0 bridgehead atoms. The maximum absolute atomic E-state index is 11.7. The van der Waals surface area contributed by atoms with E-state index in [9.17, 15) is 19.6 Å². The zero-order chi connectivity index (χ0) is 93.7. The molecule has 8 saturated heterocycles. The number of nitrogens with zero attached hydrogens (tertiary/aromatic N) is 1. The van der Waals surface area contributed by atoms with Crippen LogP contribution in [0.3, 0.4) is 0 Å². The van der Waals surface area contributed by atoms with Crippen LogP contribution in [0, 0.1) is 164 Å². The molecule has 24 aliphatic rings. The van der Waals surface area contributed by atoms with Crippen molar-refractivity contribution in [2.75, 3.05) is 26.2 Å². The second-order valence-electron chi connectivity index (χ2n) is 54.2. The second-order valence-corrected chi connectivity index (χ2v) is 54.2. The van der Waals surface area contributed by atoms with E-state index in [4.69, 9.17) is 28.4 Å². The number of nitrogens with one attached hydrogen (secondary N) is 5. The molecule has 43 atom stereocenters. The average molecular weight is 1850 g/mol. The molecule has 1 amide bonds. The minimum absolute atomic E-state index is 0.0481.